The van der Waals surface area contributed by atoms with Gasteiger partial charge in [-0.15, -0.1) is 11.3 Å². The maximum Gasteiger partial charge on any atom is 0.275 e. The van der Waals surface area contributed by atoms with Crippen LogP contribution in [-0.2, 0) is 0 Å². The molecule has 0 fully saturated rings. The molecule has 0 radical (unpaired) electrons. The van der Waals surface area contributed by atoms with Gasteiger partial charge >= 0.3 is 0 Å². The first-order chi connectivity index (χ1) is 14.6. The first-order valence-electron chi connectivity index (χ1n) is 8.93. The summed E-state index contributed by atoms with van der Waals surface area (Å²) in [4.78, 5) is 32.9. The summed E-state index contributed by atoms with van der Waals surface area (Å²) < 4.78 is 13.9. The number of thiazole rings is 1. The zero-order valence-corrected chi connectivity index (χ0v) is 16.3. The molecule has 30 heavy (non-hydrogen) atoms. The van der Waals surface area contributed by atoms with Crippen molar-refractivity contribution >= 4 is 34.5 Å². The van der Waals surface area contributed by atoms with Crippen LogP contribution in [0.4, 0.5) is 15.8 Å². The molecule has 8 heteroatoms. The molecule has 0 spiro atoms. The van der Waals surface area contributed by atoms with Crippen molar-refractivity contribution in [2.45, 2.75) is 0 Å². The lowest BCUT2D eigenvalue weighted by Gasteiger charge is -2.08. The number of pyridine rings is 1. The molecular formula is C22H15FN4O2S. The molecule has 4 aromatic rings. The largest absolute Gasteiger partial charge is 0.322 e. The fourth-order valence-electron chi connectivity index (χ4n) is 2.71. The molecule has 148 valence electrons. The van der Waals surface area contributed by atoms with Crippen LogP contribution < -0.4 is 10.6 Å². The smallest absolute Gasteiger partial charge is 0.275 e. The van der Waals surface area contributed by atoms with Gasteiger partial charge in [0.1, 0.15) is 16.5 Å². The summed E-state index contributed by atoms with van der Waals surface area (Å²) in [7, 11) is 0. The predicted molar refractivity (Wildman–Crippen MR) is 114 cm³/mol. The van der Waals surface area contributed by atoms with Crippen LogP contribution in [0.2, 0.25) is 0 Å². The molecule has 6 nitrogen and oxygen atoms in total. The molecule has 2 aromatic carbocycles. The van der Waals surface area contributed by atoms with Crippen LogP contribution in [0.5, 0.6) is 0 Å². The second-order valence-electron chi connectivity index (χ2n) is 6.24. The number of nitrogens with zero attached hydrogens (tertiary/aromatic N) is 2. The van der Waals surface area contributed by atoms with Gasteiger partial charge in [0.2, 0.25) is 0 Å². The summed E-state index contributed by atoms with van der Waals surface area (Å²) in [5, 5.41) is 7.51. The molecule has 2 aromatic heterocycles. The summed E-state index contributed by atoms with van der Waals surface area (Å²) in [6.45, 7) is 0. The third-order valence-electron chi connectivity index (χ3n) is 4.16. The van der Waals surface area contributed by atoms with E-state index in [1.807, 2.05) is 0 Å². The Morgan fingerprint density at radius 2 is 1.57 bits per heavy atom. The second-order valence-corrected chi connectivity index (χ2v) is 7.10. The van der Waals surface area contributed by atoms with Crippen LogP contribution in [0.1, 0.15) is 20.8 Å². The van der Waals surface area contributed by atoms with Crippen LogP contribution in [-0.4, -0.2) is 21.8 Å². The van der Waals surface area contributed by atoms with Gasteiger partial charge in [0.25, 0.3) is 11.8 Å². The summed E-state index contributed by atoms with van der Waals surface area (Å²) in [6.07, 6.45) is 3.07. The Kier molecular flexibility index (Phi) is 5.58. The second kappa shape index (κ2) is 8.62. The number of benzene rings is 2. The van der Waals surface area contributed by atoms with Crippen LogP contribution in [0.15, 0.2) is 78.4 Å². The van der Waals surface area contributed by atoms with Crippen molar-refractivity contribution in [3.8, 4) is 10.6 Å². The van der Waals surface area contributed by atoms with Gasteiger partial charge < -0.3 is 10.6 Å². The van der Waals surface area contributed by atoms with Crippen molar-refractivity contribution in [2.24, 2.45) is 0 Å². The number of amides is 2. The Hall–Kier alpha value is -3.91. The van der Waals surface area contributed by atoms with Crippen LogP contribution in [0.25, 0.3) is 10.6 Å². The summed E-state index contributed by atoms with van der Waals surface area (Å²) in [6, 6.07) is 16.3. The standard InChI is InChI=1S/C22H15FN4O2S/c23-18-7-2-1-6-17(18)22-27-19(13-30-22)21(29)26-16-5-3-4-15(12-16)25-20(28)14-8-10-24-11-9-14/h1-13H,(H,25,28)(H,26,29). The summed E-state index contributed by atoms with van der Waals surface area (Å²) >= 11 is 1.19. The summed E-state index contributed by atoms with van der Waals surface area (Å²) in [5.74, 6) is -1.10. The molecule has 0 aliphatic rings. The lowest BCUT2D eigenvalue weighted by molar-refractivity contribution is 0.101. The minimum atomic E-state index is -0.425. The topological polar surface area (TPSA) is 84.0 Å². The van der Waals surface area contributed by atoms with E-state index in [9.17, 15) is 14.0 Å². The van der Waals surface area contributed by atoms with Gasteiger partial charge in [0.15, 0.2) is 0 Å². The van der Waals surface area contributed by atoms with Crippen molar-refractivity contribution in [3.63, 3.8) is 0 Å². The third-order valence-corrected chi connectivity index (χ3v) is 5.04. The number of hydrogen-bond acceptors (Lipinski definition) is 5. The molecular weight excluding hydrogens is 403 g/mol. The summed E-state index contributed by atoms with van der Waals surface area (Å²) in [5.41, 5.74) is 2.03. The Bertz CT molecular complexity index is 1210. The number of nitrogens with one attached hydrogen (secondary N) is 2. The highest BCUT2D eigenvalue weighted by atomic mass is 32.1. The molecule has 0 saturated carbocycles. The molecule has 4 rings (SSSR count). The van der Waals surface area contributed by atoms with E-state index in [0.29, 0.717) is 27.5 Å². The van der Waals surface area contributed by atoms with E-state index in [-0.39, 0.29) is 11.6 Å². The normalized spacial score (nSPS) is 10.4. The highest BCUT2D eigenvalue weighted by molar-refractivity contribution is 7.13. The van der Waals surface area contributed by atoms with Gasteiger partial charge in [0, 0.05) is 40.3 Å². The van der Waals surface area contributed by atoms with Gasteiger partial charge in [-0.1, -0.05) is 18.2 Å². The average Bonchev–Trinajstić information content (AvgIpc) is 3.25. The number of carbonyl (C=O) groups excluding carboxylic acids is 2. The molecule has 0 aliphatic carbocycles. The van der Waals surface area contributed by atoms with Gasteiger partial charge in [0.05, 0.1) is 0 Å². The first-order valence-corrected chi connectivity index (χ1v) is 9.81. The van der Waals surface area contributed by atoms with E-state index < -0.39 is 11.7 Å². The van der Waals surface area contributed by atoms with Gasteiger partial charge in [-0.05, 0) is 42.5 Å². The Morgan fingerprint density at radius 1 is 0.867 bits per heavy atom. The van der Waals surface area contributed by atoms with E-state index in [1.165, 1.54) is 29.8 Å². The molecule has 2 N–H and O–H groups in total. The Labute approximate surface area is 175 Å². The monoisotopic (exact) mass is 418 g/mol. The predicted octanol–water partition coefficient (Wildman–Crippen LogP) is 4.85. The fraction of sp³-hybridized carbons (Fsp3) is 0. The molecule has 0 bridgehead atoms. The van der Waals surface area contributed by atoms with Crippen molar-refractivity contribution in [1.82, 2.24) is 9.97 Å². The van der Waals surface area contributed by atoms with Crippen molar-refractivity contribution in [1.29, 1.82) is 0 Å². The van der Waals surface area contributed by atoms with E-state index in [0.717, 1.165) is 0 Å². The van der Waals surface area contributed by atoms with Crippen LogP contribution in [0.3, 0.4) is 0 Å². The number of aromatic nitrogens is 2. The lowest BCUT2D eigenvalue weighted by Crippen LogP contribution is -2.14. The van der Waals surface area contributed by atoms with Crippen LogP contribution >= 0.6 is 11.3 Å². The Balaban J connectivity index is 1.46. The van der Waals surface area contributed by atoms with E-state index in [1.54, 1.807) is 60.0 Å². The van der Waals surface area contributed by atoms with Crippen LogP contribution in [0, 0.1) is 5.82 Å². The van der Waals surface area contributed by atoms with Gasteiger partial charge in [-0.25, -0.2) is 9.37 Å². The number of halogens is 1. The average molecular weight is 418 g/mol. The van der Waals surface area contributed by atoms with Gasteiger partial charge in [-0.3, -0.25) is 14.6 Å². The third kappa shape index (κ3) is 4.39. The molecule has 0 unspecified atom stereocenters. The fourth-order valence-corrected chi connectivity index (χ4v) is 3.54. The highest BCUT2D eigenvalue weighted by Crippen LogP contribution is 2.26. The molecule has 0 saturated heterocycles. The van der Waals surface area contributed by atoms with E-state index in [4.69, 9.17) is 0 Å². The first kappa shape index (κ1) is 19.4. The molecule has 2 heterocycles. The maximum absolute atomic E-state index is 13.9. The van der Waals surface area contributed by atoms with E-state index in [2.05, 4.69) is 20.6 Å². The lowest BCUT2D eigenvalue weighted by atomic mass is 10.2. The van der Waals surface area contributed by atoms with Gasteiger partial charge in [-0.2, -0.15) is 0 Å². The van der Waals surface area contributed by atoms with Crippen molar-refractivity contribution < 1.29 is 14.0 Å². The highest BCUT2D eigenvalue weighted by Gasteiger charge is 2.14. The minimum Gasteiger partial charge on any atom is -0.322 e. The molecule has 0 aliphatic heterocycles. The number of hydrogen-bond donors (Lipinski definition) is 2. The number of rotatable bonds is 5. The number of carbonyl (C=O) groups is 2. The van der Waals surface area contributed by atoms with Crippen molar-refractivity contribution in [2.75, 3.05) is 10.6 Å². The Morgan fingerprint density at radius 3 is 2.30 bits per heavy atom. The zero-order chi connectivity index (χ0) is 20.9. The number of anilines is 2. The molecule has 0 atom stereocenters. The minimum absolute atomic E-state index is 0.185. The quantitative estimate of drug-likeness (QED) is 0.485. The maximum atomic E-state index is 13.9. The van der Waals surface area contributed by atoms with E-state index >= 15 is 0 Å². The SMILES string of the molecule is O=C(Nc1cccc(NC(=O)c2csc(-c3ccccc3F)n2)c1)c1ccncc1. The zero-order valence-electron chi connectivity index (χ0n) is 15.5. The van der Waals surface area contributed by atoms with Crippen molar-refractivity contribution in [3.05, 3.63) is 95.5 Å². The molecule has 2 amide bonds.